The molecule has 0 unspecified atom stereocenters. The number of nitrogens with two attached hydrogens (primary N) is 2. The van der Waals surface area contributed by atoms with Gasteiger partial charge in [-0.2, -0.15) is 5.12 Å². The van der Waals surface area contributed by atoms with E-state index in [2.05, 4.69) is 10.3 Å². The molecule has 1 heterocycles. The van der Waals surface area contributed by atoms with Gasteiger partial charge in [-0.15, -0.1) is 0 Å². The number of halogens is 2. The Morgan fingerprint density at radius 2 is 2.04 bits per heavy atom. The van der Waals surface area contributed by atoms with E-state index in [0.717, 1.165) is 12.8 Å². The van der Waals surface area contributed by atoms with Crippen molar-refractivity contribution in [2.75, 3.05) is 10.4 Å². The van der Waals surface area contributed by atoms with E-state index >= 15 is 0 Å². The lowest BCUT2D eigenvalue weighted by Gasteiger charge is -2.24. The summed E-state index contributed by atoms with van der Waals surface area (Å²) >= 11 is 0. The predicted molar refractivity (Wildman–Crippen MR) is 96.2 cm³/mol. The Kier molecular flexibility index (Phi) is 5.03. The number of nitrogens with one attached hydrogen (secondary N) is 1. The Bertz CT molecular complexity index is 808. The lowest BCUT2D eigenvalue weighted by atomic mass is 10.1. The fourth-order valence-corrected chi connectivity index (χ4v) is 2.88. The van der Waals surface area contributed by atoms with Crippen LogP contribution in [0.3, 0.4) is 0 Å². The summed E-state index contributed by atoms with van der Waals surface area (Å²) in [7, 11) is 0. The fourth-order valence-electron chi connectivity index (χ4n) is 2.88. The van der Waals surface area contributed by atoms with Gasteiger partial charge in [-0.1, -0.05) is 4.48 Å². The van der Waals surface area contributed by atoms with Crippen LogP contribution in [-0.2, 0) is 0 Å². The molecule has 2 aromatic rings. The van der Waals surface area contributed by atoms with E-state index in [-0.39, 0.29) is 34.7 Å². The average Bonchev–Trinajstić information content (AvgIpc) is 3.45. The highest BCUT2D eigenvalue weighted by molar-refractivity contribution is 5.93. The van der Waals surface area contributed by atoms with E-state index in [0.29, 0.717) is 11.0 Å². The summed E-state index contributed by atoms with van der Waals surface area (Å²) in [5.41, 5.74) is 11.6. The van der Waals surface area contributed by atoms with Crippen LogP contribution < -0.4 is 21.9 Å². The van der Waals surface area contributed by atoms with Crippen molar-refractivity contribution in [1.29, 1.82) is 0 Å². The Morgan fingerprint density at radius 3 is 2.65 bits per heavy atom. The molecule has 1 aliphatic rings. The van der Waals surface area contributed by atoms with Crippen LogP contribution in [-0.4, -0.2) is 23.0 Å². The summed E-state index contributed by atoms with van der Waals surface area (Å²) < 4.78 is 29.0. The molecule has 8 heteroatoms. The molecular weight excluding hydrogens is 340 g/mol. The molecule has 0 bridgehead atoms. The number of aromatic nitrogens is 1. The second-order valence-corrected chi connectivity index (χ2v) is 6.61. The van der Waals surface area contributed by atoms with Crippen LogP contribution in [0.2, 0.25) is 0 Å². The molecule has 5 N–H and O–H groups in total. The summed E-state index contributed by atoms with van der Waals surface area (Å²) in [5.74, 6) is -0.799. The van der Waals surface area contributed by atoms with Gasteiger partial charge in [0, 0.05) is 18.3 Å². The quantitative estimate of drug-likeness (QED) is 0.659. The molecule has 0 aliphatic heterocycles. The first-order valence-corrected chi connectivity index (χ1v) is 8.39. The highest BCUT2D eigenvalue weighted by Crippen LogP contribution is 2.37. The lowest BCUT2D eigenvalue weighted by molar-refractivity contribution is 0.1000. The molecule has 6 nitrogen and oxygen atoms in total. The number of amides is 1. The van der Waals surface area contributed by atoms with Gasteiger partial charge in [-0.25, -0.2) is 4.39 Å². The van der Waals surface area contributed by atoms with Crippen molar-refractivity contribution in [2.24, 2.45) is 17.4 Å². The van der Waals surface area contributed by atoms with Crippen molar-refractivity contribution in [3.05, 3.63) is 48.0 Å². The van der Waals surface area contributed by atoms with Crippen molar-refractivity contribution in [3.8, 4) is 0 Å². The van der Waals surface area contributed by atoms with E-state index in [1.807, 2.05) is 6.92 Å². The molecule has 0 saturated heterocycles. The lowest BCUT2D eigenvalue weighted by Crippen LogP contribution is -2.39. The van der Waals surface area contributed by atoms with Gasteiger partial charge in [0.05, 0.1) is 28.8 Å². The molecule has 1 aromatic heterocycles. The molecule has 1 aliphatic carbocycles. The van der Waals surface area contributed by atoms with Gasteiger partial charge in [-0.05, 0) is 49.9 Å². The van der Waals surface area contributed by atoms with Gasteiger partial charge in [-0.3, -0.25) is 9.78 Å². The minimum absolute atomic E-state index is 0.0183. The van der Waals surface area contributed by atoms with Gasteiger partial charge < -0.3 is 16.8 Å². The van der Waals surface area contributed by atoms with Crippen molar-refractivity contribution < 1.29 is 13.7 Å². The summed E-state index contributed by atoms with van der Waals surface area (Å²) in [5, 5.41) is 3.42. The molecule has 2 atom stereocenters. The summed E-state index contributed by atoms with van der Waals surface area (Å²) in [6.45, 7) is 1.86. The van der Waals surface area contributed by atoms with Crippen LogP contribution in [0.1, 0.15) is 30.1 Å². The number of carbonyl (C=O) groups is 1. The molecule has 26 heavy (non-hydrogen) atoms. The Hall–Kier alpha value is -2.74. The summed E-state index contributed by atoms with van der Waals surface area (Å²) in [4.78, 5) is 15.0. The monoisotopic (exact) mass is 361 g/mol. The summed E-state index contributed by atoms with van der Waals surface area (Å²) in [6.07, 6.45) is 4.58. The number of anilines is 3. The second-order valence-electron chi connectivity index (χ2n) is 6.61. The molecule has 1 saturated carbocycles. The second kappa shape index (κ2) is 7.25. The third-order valence-corrected chi connectivity index (χ3v) is 4.43. The molecule has 0 spiro atoms. The third-order valence-electron chi connectivity index (χ3n) is 4.43. The van der Waals surface area contributed by atoms with Crippen molar-refractivity contribution in [1.82, 2.24) is 4.98 Å². The molecule has 1 amide bonds. The van der Waals surface area contributed by atoms with Crippen molar-refractivity contribution >= 4 is 23.0 Å². The zero-order chi connectivity index (χ0) is 18.8. The maximum absolute atomic E-state index is 14.8. The van der Waals surface area contributed by atoms with Crippen LogP contribution in [0.5, 0.6) is 0 Å². The number of rotatable bonds is 7. The van der Waals surface area contributed by atoms with Crippen LogP contribution >= 0.6 is 0 Å². The van der Waals surface area contributed by atoms with Crippen LogP contribution in [0, 0.1) is 11.7 Å². The molecule has 0 radical (unpaired) electrons. The highest BCUT2D eigenvalue weighted by atomic mass is 19.2. The van der Waals surface area contributed by atoms with Gasteiger partial charge >= 0.3 is 0 Å². The number of hydrogen-bond donors (Lipinski definition) is 3. The summed E-state index contributed by atoms with van der Waals surface area (Å²) in [6, 6.07) is 4.89. The maximum Gasteiger partial charge on any atom is 0.250 e. The maximum atomic E-state index is 14.8. The third kappa shape index (κ3) is 3.91. The zero-order valence-electron chi connectivity index (χ0n) is 14.3. The average molecular weight is 361 g/mol. The smallest absolute Gasteiger partial charge is 0.250 e. The number of benzene rings is 1. The zero-order valence-corrected chi connectivity index (χ0v) is 14.3. The van der Waals surface area contributed by atoms with Crippen LogP contribution in [0.4, 0.5) is 25.9 Å². The Morgan fingerprint density at radius 1 is 1.31 bits per heavy atom. The molecular formula is C18H21F2N5O. The van der Waals surface area contributed by atoms with Crippen LogP contribution in [0.15, 0.2) is 36.7 Å². The van der Waals surface area contributed by atoms with E-state index in [1.165, 1.54) is 36.7 Å². The molecule has 1 fully saturated rings. The van der Waals surface area contributed by atoms with Crippen molar-refractivity contribution in [3.63, 3.8) is 0 Å². The van der Waals surface area contributed by atoms with E-state index in [1.54, 1.807) is 0 Å². The predicted octanol–water partition coefficient (Wildman–Crippen LogP) is 2.88. The Labute approximate surface area is 150 Å². The highest BCUT2D eigenvalue weighted by Gasteiger charge is 2.34. The number of hydrogen-bond acceptors (Lipinski definition) is 5. The SMILES string of the molecule is C[C@H](N)[C@H](Nc1cc(N(F)c2cncc(C(N)=O)c2)ccc1F)C1CC1. The minimum atomic E-state index is -0.710. The Balaban J connectivity index is 1.86. The number of pyridine rings is 1. The van der Waals surface area contributed by atoms with Gasteiger partial charge in [0.1, 0.15) is 5.82 Å². The number of carbonyl (C=O) groups excluding carboxylic acids is 1. The van der Waals surface area contributed by atoms with E-state index in [9.17, 15) is 13.7 Å². The topological polar surface area (TPSA) is 97.3 Å². The van der Waals surface area contributed by atoms with E-state index < -0.39 is 11.7 Å². The van der Waals surface area contributed by atoms with Gasteiger partial charge in [0.15, 0.2) is 0 Å². The first kappa shape index (κ1) is 18.1. The first-order valence-electron chi connectivity index (χ1n) is 8.39. The largest absolute Gasteiger partial charge is 0.378 e. The number of nitrogens with zero attached hydrogens (tertiary/aromatic N) is 2. The fraction of sp³-hybridized carbons (Fsp3) is 0.333. The van der Waals surface area contributed by atoms with Crippen LogP contribution in [0.25, 0.3) is 0 Å². The molecule has 1 aromatic carbocycles. The van der Waals surface area contributed by atoms with Gasteiger partial charge in [0.25, 0.3) is 0 Å². The number of primary amides is 1. The standard InChI is InChI=1S/C18H21F2N5O/c1-10(21)17(11-2-3-11)24-16-7-13(4-5-15(16)19)25(20)14-6-12(18(22)26)8-23-9-14/h4-11,17,24H,2-3,21H2,1H3,(H2,22,26)/t10-,17-/m0/s1. The normalized spacial score (nSPS) is 16.0. The first-order chi connectivity index (χ1) is 12.4. The van der Waals surface area contributed by atoms with Gasteiger partial charge in [0.2, 0.25) is 5.91 Å². The molecule has 138 valence electrons. The van der Waals surface area contributed by atoms with E-state index in [4.69, 9.17) is 11.5 Å². The minimum Gasteiger partial charge on any atom is -0.378 e. The van der Waals surface area contributed by atoms with Crippen molar-refractivity contribution in [2.45, 2.75) is 31.8 Å². The molecule has 3 rings (SSSR count).